The van der Waals surface area contributed by atoms with E-state index in [1.165, 1.54) is 24.8 Å². The molecule has 0 aliphatic carbocycles. The van der Waals surface area contributed by atoms with E-state index in [1.807, 2.05) is 43.3 Å². The second-order valence-corrected chi connectivity index (χ2v) is 10.2. The molecule has 0 fully saturated rings. The van der Waals surface area contributed by atoms with Crippen LogP contribution in [0.2, 0.25) is 0 Å². The quantitative estimate of drug-likeness (QED) is 0.270. The van der Waals surface area contributed by atoms with E-state index in [0.717, 1.165) is 11.3 Å². The van der Waals surface area contributed by atoms with Crippen molar-refractivity contribution in [3.8, 4) is 5.75 Å². The van der Waals surface area contributed by atoms with Crippen molar-refractivity contribution in [2.75, 3.05) is 29.9 Å². The van der Waals surface area contributed by atoms with Gasteiger partial charge in [-0.25, -0.2) is 13.2 Å². The predicted molar refractivity (Wildman–Crippen MR) is 147 cm³/mol. The van der Waals surface area contributed by atoms with Crippen LogP contribution < -0.4 is 14.4 Å². The van der Waals surface area contributed by atoms with Gasteiger partial charge in [-0.15, -0.1) is 0 Å². The van der Waals surface area contributed by atoms with Gasteiger partial charge in [0.05, 0.1) is 24.9 Å². The fourth-order valence-electron chi connectivity index (χ4n) is 4.01. The van der Waals surface area contributed by atoms with Gasteiger partial charge in [0.2, 0.25) is 0 Å². The number of hydrogen-bond donors (Lipinski definition) is 1. The number of ether oxygens (including phenoxy) is 2. The molecule has 3 aromatic carbocycles. The second-order valence-electron chi connectivity index (χ2n) is 8.59. The number of sulfonamides is 1. The van der Waals surface area contributed by atoms with Crippen LogP contribution in [0.4, 0.5) is 11.4 Å². The highest BCUT2D eigenvalue weighted by atomic mass is 32.2. The summed E-state index contributed by atoms with van der Waals surface area (Å²) in [6.45, 7) is 3.52. The molecule has 1 N–H and O–H groups in total. The number of rotatable bonds is 11. The normalized spacial score (nSPS) is 11.0. The maximum absolute atomic E-state index is 13.1. The Morgan fingerprint density at radius 2 is 1.66 bits per heavy atom. The number of benzene rings is 3. The van der Waals surface area contributed by atoms with Gasteiger partial charge in [0.1, 0.15) is 17.3 Å². The molecule has 9 heteroatoms. The van der Waals surface area contributed by atoms with Crippen LogP contribution >= 0.6 is 0 Å². The molecule has 0 bridgehead atoms. The third-order valence-corrected chi connectivity index (χ3v) is 7.20. The summed E-state index contributed by atoms with van der Waals surface area (Å²) in [7, 11) is -2.85. The molecule has 0 radical (unpaired) electrons. The largest absolute Gasteiger partial charge is 0.492 e. The molecule has 1 aromatic heterocycles. The van der Waals surface area contributed by atoms with Gasteiger partial charge in [-0.3, -0.25) is 9.71 Å². The number of nitrogens with one attached hydrogen (secondary N) is 1. The van der Waals surface area contributed by atoms with Crippen LogP contribution in [0.5, 0.6) is 5.75 Å². The molecule has 0 aliphatic heterocycles. The minimum Gasteiger partial charge on any atom is -0.492 e. The lowest BCUT2D eigenvalue weighted by Gasteiger charge is -2.25. The zero-order chi connectivity index (χ0) is 27.0. The zero-order valence-corrected chi connectivity index (χ0v) is 22.0. The number of carbonyl (C=O) groups excluding carboxylic acids is 1. The smallest absolute Gasteiger partial charge is 0.339 e. The summed E-state index contributed by atoms with van der Waals surface area (Å²) in [5, 5.41) is 0. The molecule has 1 heterocycles. The van der Waals surface area contributed by atoms with Crippen molar-refractivity contribution in [3.05, 3.63) is 114 Å². The Bertz CT molecular complexity index is 1480. The zero-order valence-electron chi connectivity index (χ0n) is 21.2. The number of hydrogen-bond acceptors (Lipinski definition) is 7. The minimum atomic E-state index is -4.06. The summed E-state index contributed by atoms with van der Waals surface area (Å²) in [6.07, 6.45) is 3.51. The number of methoxy groups -OCH3 is 1. The second kappa shape index (κ2) is 12.2. The van der Waals surface area contributed by atoms with E-state index in [-0.39, 0.29) is 10.5 Å². The molecule has 4 aromatic rings. The third-order valence-electron chi connectivity index (χ3n) is 5.76. The van der Waals surface area contributed by atoms with Gasteiger partial charge in [0, 0.05) is 30.7 Å². The van der Waals surface area contributed by atoms with Crippen LogP contribution in [0.25, 0.3) is 0 Å². The molecular weight excluding hydrogens is 502 g/mol. The summed E-state index contributed by atoms with van der Waals surface area (Å²) >= 11 is 0. The Morgan fingerprint density at radius 1 is 0.947 bits per heavy atom. The van der Waals surface area contributed by atoms with Crippen LogP contribution in [0, 0.1) is 6.92 Å². The maximum atomic E-state index is 13.1. The van der Waals surface area contributed by atoms with E-state index in [2.05, 4.69) is 26.7 Å². The maximum Gasteiger partial charge on any atom is 0.339 e. The molecule has 0 saturated heterocycles. The number of aryl methyl sites for hydroxylation is 1. The van der Waals surface area contributed by atoms with E-state index < -0.39 is 16.0 Å². The molecule has 0 unspecified atom stereocenters. The Morgan fingerprint density at radius 3 is 2.39 bits per heavy atom. The average Bonchev–Trinajstić information content (AvgIpc) is 2.92. The van der Waals surface area contributed by atoms with E-state index >= 15 is 0 Å². The summed E-state index contributed by atoms with van der Waals surface area (Å²) in [5.41, 5.74) is 3.30. The molecule has 0 aliphatic rings. The first kappa shape index (κ1) is 26.7. The number of pyridine rings is 1. The van der Waals surface area contributed by atoms with Gasteiger partial charge in [-0.2, -0.15) is 0 Å². The van der Waals surface area contributed by atoms with Gasteiger partial charge in [-0.05, 0) is 54.4 Å². The van der Waals surface area contributed by atoms with Crippen LogP contribution in [0.15, 0.2) is 102 Å². The average molecular weight is 532 g/mol. The molecule has 196 valence electrons. The number of anilines is 2. The summed E-state index contributed by atoms with van der Waals surface area (Å²) in [5.74, 6) is -0.202. The van der Waals surface area contributed by atoms with E-state index in [9.17, 15) is 13.2 Å². The van der Waals surface area contributed by atoms with Crippen molar-refractivity contribution >= 4 is 27.4 Å². The third kappa shape index (κ3) is 6.89. The molecule has 0 spiro atoms. The highest BCUT2D eigenvalue weighted by Crippen LogP contribution is 2.25. The standard InChI is InChI=1S/C29H29N3O5S/c1-22-18-24(31-38(34,35)28-11-7-6-10-27(28)29(33)36-2)20-26(19-22)37-17-16-32(25-12-14-30-15-13-25)21-23-8-4-3-5-9-23/h3-15,18-20,31H,16-17,21H2,1-2H3. The van der Waals surface area contributed by atoms with Crippen molar-refractivity contribution in [1.29, 1.82) is 0 Å². The lowest BCUT2D eigenvalue weighted by Crippen LogP contribution is -2.28. The van der Waals surface area contributed by atoms with E-state index in [4.69, 9.17) is 9.47 Å². The predicted octanol–water partition coefficient (Wildman–Crippen LogP) is 5.06. The number of carbonyl (C=O) groups is 1. The first-order valence-electron chi connectivity index (χ1n) is 12.0. The van der Waals surface area contributed by atoms with Crippen molar-refractivity contribution in [2.45, 2.75) is 18.4 Å². The molecule has 0 atom stereocenters. The number of nitrogens with zero attached hydrogens (tertiary/aromatic N) is 2. The van der Waals surface area contributed by atoms with Crippen LogP contribution in [0.1, 0.15) is 21.5 Å². The van der Waals surface area contributed by atoms with Gasteiger partial charge in [-0.1, -0.05) is 42.5 Å². The van der Waals surface area contributed by atoms with Crippen LogP contribution in [0.3, 0.4) is 0 Å². The molecule has 0 saturated carbocycles. The Kier molecular flexibility index (Phi) is 8.60. The van der Waals surface area contributed by atoms with E-state index in [0.29, 0.717) is 31.1 Å². The molecule has 0 amide bonds. The summed E-state index contributed by atoms with van der Waals surface area (Å²) < 4.78 is 39.6. The van der Waals surface area contributed by atoms with Crippen molar-refractivity contribution < 1.29 is 22.7 Å². The van der Waals surface area contributed by atoms with Gasteiger partial charge in [0.25, 0.3) is 10.0 Å². The molecule has 4 rings (SSSR count). The molecular formula is C29H29N3O5S. The Labute approximate surface area is 222 Å². The van der Waals surface area contributed by atoms with Gasteiger partial charge >= 0.3 is 5.97 Å². The van der Waals surface area contributed by atoms with Crippen molar-refractivity contribution in [1.82, 2.24) is 4.98 Å². The van der Waals surface area contributed by atoms with Crippen LogP contribution in [-0.2, 0) is 21.3 Å². The lowest BCUT2D eigenvalue weighted by atomic mass is 10.2. The van der Waals surface area contributed by atoms with Crippen molar-refractivity contribution in [3.63, 3.8) is 0 Å². The highest BCUT2D eigenvalue weighted by Gasteiger charge is 2.23. The topological polar surface area (TPSA) is 97.8 Å². The minimum absolute atomic E-state index is 0.0405. The fourth-order valence-corrected chi connectivity index (χ4v) is 5.25. The number of esters is 1. The fraction of sp³-hybridized carbons (Fsp3) is 0.172. The molecule has 8 nitrogen and oxygen atoms in total. The molecule has 38 heavy (non-hydrogen) atoms. The summed E-state index contributed by atoms with van der Waals surface area (Å²) in [4.78, 5) is 18.2. The van der Waals surface area contributed by atoms with Gasteiger partial charge in [0.15, 0.2) is 0 Å². The van der Waals surface area contributed by atoms with Gasteiger partial charge < -0.3 is 14.4 Å². The Balaban J connectivity index is 1.48. The first-order valence-corrected chi connectivity index (χ1v) is 13.5. The van der Waals surface area contributed by atoms with E-state index in [1.54, 1.807) is 36.7 Å². The first-order chi connectivity index (χ1) is 18.4. The van der Waals surface area contributed by atoms with Crippen molar-refractivity contribution in [2.24, 2.45) is 0 Å². The lowest BCUT2D eigenvalue weighted by molar-refractivity contribution is 0.0596. The van der Waals surface area contributed by atoms with Crippen LogP contribution in [-0.4, -0.2) is 39.6 Å². The SMILES string of the molecule is COC(=O)c1ccccc1S(=O)(=O)Nc1cc(C)cc(OCCN(Cc2ccccc2)c2ccncc2)c1. The Hall–Kier alpha value is -4.37. The number of aromatic nitrogens is 1. The summed E-state index contributed by atoms with van der Waals surface area (Å²) in [6, 6.07) is 25.1. The highest BCUT2D eigenvalue weighted by molar-refractivity contribution is 7.92. The monoisotopic (exact) mass is 531 g/mol.